The summed E-state index contributed by atoms with van der Waals surface area (Å²) < 4.78 is 32.0. The van der Waals surface area contributed by atoms with E-state index in [1.807, 2.05) is 0 Å². The second-order valence-corrected chi connectivity index (χ2v) is 5.89. The van der Waals surface area contributed by atoms with Crippen LogP contribution in [-0.2, 0) is 14.4 Å². The average Bonchev–Trinajstić information content (AvgIpc) is 2.90. The summed E-state index contributed by atoms with van der Waals surface area (Å²) >= 11 is 0. The molecule has 2 aliphatic rings. The van der Waals surface area contributed by atoms with Crippen LogP contribution in [0.2, 0.25) is 0 Å². The van der Waals surface area contributed by atoms with E-state index in [0.29, 0.717) is 4.90 Å². The van der Waals surface area contributed by atoms with Crippen molar-refractivity contribution < 1.29 is 37.5 Å². The van der Waals surface area contributed by atoms with Crippen LogP contribution in [0.15, 0.2) is 48.5 Å². The normalized spacial score (nSPS) is 17.1. The van der Waals surface area contributed by atoms with E-state index < -0.39 is 36.3 Å². The molecule has 0 spiro atoms. The average molecular weight is 388 g/mol. The predicted molar refractivity (Wildman–Crippen MR) is 87.4 cm³/mol. The number of amides is 3. The number of fused-ring (bicyclic) bond motifs is 2. The van der Waals surface area contributed by atoms with Crippen LogP contribution < -0.4 is 9.64 Å². The van der Waals surface area contributed by atoms with E-state index in [9.17, 15) is 28.0 Å². The molecule has 2 aromatic rings. The highest BCUT2D eigenvalue weighted by Gasteiger charge is 2.51. The van der Waals surface area contributed by atoms with Crippen molar-refractivity contribution in [3.63, 3.8) is 0 Å². The minimum Gasteiger partial charge on any atom is -0.423 e. The highest BCUT2D eigenvalue weighted by molar-refractivity contribution is 6.21. The van der Waals surface area contributed by atoms with Gasteiger partial charge in [-0.25, -0.2) is 4.79 Å². The molecule has 3 amide bonds. The van der Waals surface area contributed by atoms with Crippen LogP contribution in [0.3, 0.4) is 0 Å². The Hall–Kier alpha value is -3.82. The van der Waals surface area contributed by atoms with Crippen LogP contribution in [0.25, 0.3) is 0 Å². The molecule has 0 unspecified atom stereocenters. The number of para-hydroxylation sites is 2. The summed E-state index contributed by atoms with van der Waals surface area (Å²) in [6, 6.07) is 11.2. The summed E-state index contributed by atoms with van der Waals surface area (Å²) in [6.07, 6.45) is -4.18. The fourth-order valence-corrected chi connectivity index (χ4v) is 2.88. The Labute approximate surface area is 155 Å². The number of hydrogen-bond donors (Lipinski definition) is 0. The Morgan fingerprint density at radius 1 is 0.964 bits per heavy atom. The fourth-order valence-electron chi connectivity index (χ4n) is 2.88. The van der Waals surface area contributed by atoms with Gasteiger partial charge in [0, 0.05) is 0 Å². The molecular weight excluding hydrogens is 378 g/mol. The van der Waals surface area contributed by atoms with Gasteiger partial charge in [-0.2, -0.15) is 8.78 Å². The zero-order valence-corrected chi connectivity index (χ0v) is 13.9. The van der Waals surface area contributed by atoms with Crippen LogP contribution >= 0.6 is 0 Å². The number of imide groups is 1. The predicted octanol–water partition coefficient (Wildman–Crippen LogP) is 1.76. The molecule has 0 radical (unpaired) electrons. The van der Waals surface area contributed by atoms with Crippen LogP contribution in [0, 0.1) is 0 Å². The number of hydroxylamine groups is 2. The van der Waals surface area contributed by atoms with Gasteiger partial charge in [0.2, 0.25) is 0 Å². The summed E-state index contributed by atoms with van der Waals surface area (Å²) in [7, 11) is 0. The number of carbonyl (C=O) groups is 4. The lowest BCUT2D eigenvalue weighted by Gasteiger charge is -2.32. The summed E-state index contributed by atoms with van der Waals surface area (Å²) in [5, 5.41) is 0.238. The topological polar surface area (TPSA) is 93.2 Å². The minimum absolute atomic E-state index is 0.0413. The molecule has 2 aromatic carbocycles. The van der Waals surface area contributed by atoms with Gasteiger partial charge in [0.15, 0.2) is 5.75 Å². The molecule has 0 N–H and O–H groups in total. The lowest BCUT2D eigenvalue weighted by atomic mass is 10.1. The number of halogens is 2. The number of anilines is 1. The molecule has 142 valence electrons. The fraction of sp³-hybridized carbons (Fsp3) is 0.111. The lowest BCUT2D eigenvalue weighted by molar-refractivity contribution is -0.193. The third-order valence-corrected chi connectivity index (χ3v) is 4.13. The van der Waals surface area contributed by atoms with Crippen LogP contribution in [-0.4, -0.2) is 41.4 Å². The quantitative estimate of drug-likeness (QED) is 0.744. The van der Waals surface area contributed by atoms with Gasteiger partial charge in [0.05, 0.1) is 16.8 Å². The van der Waals surface area contributed by atoms with Crippen molar-refractivity contribution in [2.75, 3.05) is 11.4 Å². The Bertz CT molecular complexity index is 1000. The number of carbonyl (C=O) groups excluding carboxylic acids is 4. The second kappa shape index (κ2) is 6.12. The van der Waals surface area contributed by atoms with Gasteiger partial charge >= 0.3 is 18.0 Å². The molecule has 2 aliphatic heterocycles. The monoisotopic (exact) mass is 388 g/mol. The van der Waals surface area contributed by atoms with Gasteiger partial charge in [-0.15, -0.1) is 0 Å². The number of nitrogens with zero attached hydrogens (tertiary/aromatic N) is 2. The van der Waals surface area contributed by atoms with Crippen molar-refractivity contribution in [3.8, 4) is 5.75 Å². The summed E-state index contributed by atoms with van der Waals surface area (Å²) in [5.41, 5.74) is 0.0111. The molecule has 2 heterocycles. The molecule has 8 nitrogen and oxygen atoms in total. The van der Waals surface area contributed by atoms with Crippen LogP contribution in [0.5, 0.6) is 5.75 Å². The SMILES string of the molecule is O=C(CN1C(=O)C(F)(F)Oc2ccccc21)ON1C(=O)c2ccccc2C1=O. The number of hydrogen-bond acceptors (Lipinski definition) is 6. The lowest BCUT2D eigenvalue weighted by Crippen LogP contribution is -2.53. The second-order valence-electron chi connectivity index (χ2n) is 5.89. The minimum atomic E-state index is -4.18. The standard InChI is InChI=1S/C18H10F2N2O6/c19-18(20)17(26)21(12-7-3-4-8-13(12)27-18)9-14(23)28-22-15(24)10-5-1-2-6-11(10)16(22)25/h1-8H,9H2. The first-order valence-corrected chi connectivity index (χ1v) is 7.96. The Morgan fingerprint density at radius 3 is 2.18 bits per heavy atom. The van der Waals surface area contributed by atoms with Crippen LogP contribution in [0.1, 0.15) is 20.7 Å². The van der Waals surface area contributed by atoms with Gasteiger partial charge < -0.3 is 9.57 Å². The third kappa shape index (κ3) is 2.66. The molecule has 4 rings (SSSR count). The van der Waals surface area contributed by atoms with Gasteiger partial charge in [-0.05, 0) is 24.3 Å². The first-order valence-electron chi connectivity index (χ1n) is 7.96. The third-order valence-electron chi connectivity index (χ3n) is 4.13. The van der Waals surface area contributed by atoms with Crippen molar-refractivity contribution in [1.82, 2.24) is 5.06 Å². The highest BCUT2D eigenvalue weighted by Crippen LogP contribution is 2.38. The number of alkyl halides is 2. The smallest absolute Gasteiger partial charge is 0.423 e. The zero-order chi connectivity index (χ0) is 20.1. The Morgan fingerprint density at radius 2 is 1.54 bits per heavy atom. The van der Waals surface area contributed by atoms with Crippen molar-refractivity contribution in [1.29, 1.82) is 0 Å². The van der Waals surface area contributed by atoms with Gasteiger partial charge in [-0.1, -0.05) is 29.3 Å². The maximum atomic E-state index is 13.8. The van der Waals surface area contributed by atoms with E-state index in [1.54, 1.807) is 0 Å². The van der Waals surface area contributed by atoms with E-state index in [0.717, 1.165) is 0 Å². The van der Waals surface area contributed by atoms with Crippen LogP contribution in [0.4, 0.5) is 14.5 Å². The number of ether oxygens (including phenoxy) is 1. The molecule has 10 heteroatoms. The summed E-state index contributed by atoms with van der Waals surface area (Å²) in [4.78, 5) is 53.9. The maximum Gasteiger partial charge on any atom is 0.482 e. The van der Waals surface area contributed by atoms with Gasteiger partial charge in [-0.3, -0.25) is 19.3 Å². The van der Waals surface area contributed by atoms with Gasteiger partial charge in [0.1, 0.15) is 6.54 Å². The molecule has 0 fully saturated rings. The van der Waals surface area contributed by atoms with Gasteiger partial charge in [0.25, 0.3) is 11.8 Å². The van der Waals surface area contributed by atoms with Crippen molar-refractivity contribution in [2.24, 2.45) is 0 Å². The van der Waals surface area contributed by atoms with E-state index in [2.05, 4.69) is 4.74 Å². The molecule has 0 saturated heterocycles. The molecule has 0 aliphatic carbocycles. The largest absolute Gasteiger partial charge is 0.482 e. The Kier molecular flexibility index (Phi) is 3.84. The molecule has 0 aromatic heterocycles. The molecule has 28 heavy (non-hydrogen) atoms. The maximum absolute atomic E-state index is 13.8. The summed E-state index contributed by atoms with van der Waals surface area (Å²) in [5.74, 6) is -5.07. The van der Waals surface area contributed by atoms with E-state index in [1.165, 1.54) is 48.5 Å². The van der Waals surface area contributed by atoms with Crippen molar-refractivity contribution in [2.45, 2.75) is 6.11 Å². The van der Waals surface area contributed by atoms with Crippen molar-refractivity contribution >= 4 is 29.4 Å². The molecular formula is C18H10F2N2O6. The number of benzene rings is 2. The van der Waals surface area contributed by atoms with E-state index in [4.69, 9.17) is 4.84 Å². The van der Waals surface area contributed by atoms with E-state index >= 15 is 0 Å². The first-order chi connectivity index (χ1) is 13.3. The molecule has 0 saturated carbocycles. The van der Waals surface area contributed by atoms with E-state index in [-0.39, 0.29) is 27.6 Å². The number of rotatable bonds is 3. The molecule has 0 atom stereocenters. The highest BCUT2D eigenvalue weighted by atomic mass is 19.3. The molecule has 0 bridgehead atoms. The first kappa shape index (κ1) is 17.6. The Balaban J connectivity index is 1.55. The zero-order valence-electron chi connectivity index (χ0n) is 13.9. The summed E-state index contributed by atoms with van der Waals surface area (Å²) in [6.45, 7) is -0.956. The van der Waals surface area contributed by atoms with Crippen molar-refractivity contribution in [3.05, 3.63) is 59.7 Å².